The van der Waals surface area contributed by atoms with E-state index >= 15 is 0 Å². The molecule has 1 aromatic heterocycles. The van der Waals surface area contributed by atoms with E-state index in [0.717, 1.165) is 29.7 Å². The summed E-state index contributed by atoms with van der Waals surface area (Å²) in [6, 6.07) is 10.7. The SMILES string of the molecule is CCC(NC(=O)Cc1ccc(S(=O)(=O)N2CCCC2)s1)c1ccc(Cl)cc1. The van der Waals surface area contributed by atoms with Gasteiger partial charge in [0.15, 0.2) is 0 Å². The molecule has 146 valence electrons. The minimum atomic E-state index is -3.42. The number of nitrogens with one attached hydrogen (secondary N) is 1. The Morgan fingerprint density at radius 1 is 1.19 bits per heavy atom. The van der Waals surface area contributed by atoms with Crippen molar-refractivity contribution in [1.82, 2.24) is 9.62 Å². The van der Waals surface area contributed by atoms with Crippen LogP contribution in [0.2, 0.25) is 5.02 Å². The predicted octanol–water partition coefficient (Wildman–Crippen LogP) is 4.00. The largest absolute Gasteiger partial charge is 0.349 e. The van der Waals surface area contributed by atoms with Crippen molar-refractivity contribution in [2.75, 3.05) is 13.1 Å². The van der Waals surface area contributed by atoms with Crippen LogP contribution in [0.25, 0.3) is 0 Å². The van der Waals surface area contributed by atoms with Crippen LogP contribution in [-0.4, -0.2) is 31.7 Å². The Labute approximate surface area is 169 Å². The lowest BCUT2D eigenvalue weighted by atomic mass is 10.0. The van der Waals surface area contributed by atoms with Crippen LogP contribution in [0.15, 0.2) is 40.6 Å². The van der Waals surface area contributed by atoms with E-state index in [0.29, 0.717) is 22.3 Å². The first-order valence-electron chi connectivity index (χ1n) is 9.04. The highest BCUT2D eigenvalue weighted by atomic mass is 35.5. The number of carbonyl (C=O) groups excluding carboxylic acids is 1. The molecule has 1 amide bonds. The van der Waals surface area contributed by atoms with Crippen LogP contribution in [0.4, 0.5) is 0 Å². The summed E-state index contributed by atoms with van der Waals surface area (Å²) in [5.41, 5.74) is 0.999. The second-order valence-corrected chi connectivity index (χ2v) is 10.4. The van der Waals surface area contributed by atoms with Crippen molar-refractivity contribution in [1.29, 1.82) is 0 Å². The molecular formula is C19H23ClN2O3S2. The fraction of sp³-hybridized carbons (Fsp3) is 0.421. The molecule has 5 nitrogen and oxygen atoms in total. The van der Waals surface area contributed by atoms with Crippen LogP contribution in [-0.2, 0) is 21.2 Å². The zero-order valence-corrected chi connectivity index (χ0v) is 17.5. The summed E-state index contributed by atoms with van der Waals surface area (Å²) in [5, 5.41) is 3.68. The smallest absolute Gasteiger partial charge is 0.252 e. The Bertz CT molecular complexity index is 888. The zero-order valence-electron chi connectivity index (χ0n) is 15.2. The molecule has 1 N–H and O–H groups in total. The number of hydrogen-bond acceptors (Lipinski definition) is 4. The van der Waals surface area contributed by atoms with Gasteiger partial charge in [-0.25, -0.2) is 8.42 Å². The van der Waals surface area contributed by atoms with Crippen molar-refractivity contribution >= 4 is 38.9 Å². The first-order valence-corrected chi connectivity index (χ1v) is 11.7. The van der Waals surface area contributed by atoms with Crippen LogP contribution in [0, 0.1) is 0 Å². The number of sulfonamides is 1. The predicted molar refractivity (Wildman–Crippen MR) is 109 cm³/mol. The molecule has 27 heavy (non-hydrogen) atoms. The number of halogens is 1. The Hall–Kier alpha value is -1.41. The summed E-state index contributed by atoms with van der Waals surface area (Å²) >= 11 is 7.10. The second-order valence-electron chi connectivity index (χ2n) is 6.59. The minimum absolute atomic E-state index is 0.0949. The lowest BCUT2D eigenvalue weighted by molar-refractivity contribution is -0.121. The molecule has 2 heterocycles. The summed E-state index contributed by atoms with van der Waals surface area (Å²) < 4.78 is 27.0. The monoisotopic (exact) mass is 426 g/mol. The van der Waals surface area contributed by atoms with Crippen LogP contribution in [0.5, 0.6) is 0 Å². The van der Waals surface area contributed by atoms with Crippen molar-refractivity contribution in [3.63, 3.8) is 0 Å². The van der Waals surface area contributed by atoms with Crippen LogP contribution >= 0.6 is 22.9 Å². The van der Waals surface area contributed by atoms with E-state index in [-0.39, 0.29) is 18.4 Å². The number of nitrogens with zero attached hydrogens (tertiary/aromatic N) is 1. The van der Waals surface area contributed by atoms with E-state index in [1.807, 2.05) is 19.1 Å². The summed E-state index contributed by atoms with van der Waals surface area (Å²) in [5.74, 6) is -0.122. The molecule has 3 rings (SSSR count). The summed E-state index contributed by atoms with van der Waals surface area (Å²) in [4.78, 5) is 13.2. The number of thiophene rings is 1. The lowest BCUT2D eigenvalue weighted by Gasteiger charge is -2.17. The van der Waals surface area contributed by atoms with Gasteiger partial charge in [0.2, 0.25) is 5.91 Å². The first kappa shape index (κ1) is 20.3. The molecule has 1 saturated heterocycles. The molecule has 0 saturated carbocycles. The lowest BCUT2D eigenvalue weighted by Crippen LogP contribution is -2.29. The highest BCUT2D eigenvalue weighted by molar-refractivity contribution is 7.91. The van der Waals surface area contributed by atoms with Gasteiger partial charge in [-0.05, 0) is 49.1 Å². The van der Waals surface area contributed by atoms with Gasteiger partial charge in [0.25, 0.3) is 10.0 Å². The van der Waals surface area contributed by atoms with Crippen molar-refractivity contribution in [2.24, 2.45) is 0 Å². The minimum Gasteiger partial charge on any atom is -0.349 e. The third kappa shape index (κ3) is 4.90. The Kier molecular flexibility index (Phi) is 6.57. The Balaban J connectivity index is 1.64. The molecule has 1 fully saturated rings. The van der Waals surface area contributed by atoms with Gasteiger partial charge in [0, 0.05) is 23.0 Å². The molecule has 0 spiro atoms. The average Bonchev–Trinajstić information content (AvgIpc) is 3.33. The number of rotatable bonds is 7. The van der Waals surface area contributed by atoms with Gasteiger partial charge in [-0.3, -0.25) is 4.79 Å². The maximum atomic E-state index is 12.6. The summed E-state index contributed by atoms with van der Waals surface area (Å²) in [6.07, 6.45) is 2.74. The van der Waals surface area contributed by atoms with Gasteiger partial charge in [0.05, 0.1) is 12.5 Å². The molecule has 1 aliphatic rings. The number of carbonyl (C=O) groups is 1. The maximum absolute atomic E-state index is 12.6. The summed E-state index contributed by atoms with van der Waals surface area (Å²) in [7, 11) is -3.42. The summed E-state index contributed by atoms with van der Waals surface area (Å²) in [6.45, 7) is 3.16. The number of benzene rings is 1. The van der Waals surface area contributed by atoms with Gasteiger partial charge >= 0.3 is 0 Å². The number of hydrogen-bond donors (Lipinski definition) is 1. The average molecular weight is 427 g/mol. The van der Waals surface area contributed by atoms with E-state index in [1.54, 1.807) is 24.3 Å². The third-order valence-electron chi connectivity index (χ3n) is 4.65. The van der Waals surface area contributed by atoms with Crippen molar-refractivity contribution in [2.45, 2.75) is 42.9 Å². The second kappa shape index (κ2) is 8.73. The standard InChI is InChI=1S/C19H23ClN2O3S2/c1-2-17(14-5-7-15(20)8-6-14)21-18(23)13-16-9-10-19(26-16)27(24,25)22-11-3-4-12-22/h5-10,17H,2-4,11-13H2,1H3,(H,21,23). The Morgan fingerprint density at radius 2 is 1.85 bits per heavy atom. The Morgan fingerprint density at radius 3 is 2.48 bits per heavy atom. The molecule has 8 heteroatoms. The van der Waals surface area contributed by atoms with Crippen molar-refractivity contribution in [3.8, 4) is 0 Å². The molecule has 0 bridgehead atoms. The zero-order chi connectivity index (χ0) is 19.4. The van der Waals surface area contributed by atoms with Gasteiger partial charge < -0.3 is 5.32 Å². The molecule has 2 aromatic rings. The van der Waals surface area contributed by atoms with Crippen LogP contribution in [0.3, 0.4) is 0 Å². The van der Waals surface area contributed by atoms with Gasteiger partial charge in [-0.2, -0.15) is 4.31 Å². The van der Waals surface area contributed by atoms with Gasteiger partial charge in [-0.1, -0.05) is 30.7 Å². The first-order chi connectivity index (χ1) is 12.9. The van der Waals surface area contributed by atoms with Crippen molar-refractivity contribution < 1.29 is 13.2 Å². The van der Waals surface area contributed by atoms with E-state index in [1.165, 1.54) is 15.6 Å². The van der Waals surface area contributed by atoms with E-state index in [9.17, 15) is 13.2 Å². The molecule has 1 atom stereocenters. The van der Waals surface area contributed by atoms with E-state index in [4.69, 9.17) is 11.6 Å². The third-order valence-corrected chi connectivity index (χ3v) is 8.35. The molecule has 0 aliphatic carbocycles. The fourth-order valence-electron chi connectivity index (χ4n) is 3.17. The highest BCUT2D eigenvalue weighted by Gasteiger charge is 2.28. The van der Waals surface area contributed by atoms with Crippen molar-refractivity contribution in [3.05, 3.63) is 51.9 Å². The van der Waals surface area contributed by atoms with Gasteiger partial charge in [-0.15, -0.1) is 11.3 Å². The fourth-order valence-corrected chi connectivity index (χ4v) is 6.32. The van der Waals surface area contributed by atoms with Crippen LogP contribution in [0.1, 0.15) is 42.7 Å². The van der Waals surface area contributed by atoms with Crippen LogP contribution < -0.4 is 5.32 Å². The molecular weight excluding hydrogens is 404 g/mol. The molecule has 1 unspecified atom stereocenters. The number of amides is 1. The quantitative estimate of drug-likeness (QED) is 0.727. The highest BCUT2D eigenvalue weighted by Crippen LogP contribution is 2.28. The topological polar surface area (TPSA) is 66.5 Å². The van der Waals surface area contributed by atoms with E-state index in [2.05, 4.69) is 5.32 Å². The van der Waals surface area contributed by atoms with Gasteiger partial charge in [0.1, 0.15) is 4.21 Å². The maximum Gasteiger partial charge on any atom is 0.252 e. The van der Waals surface area contributed by atoms with E-state index < -0.39 is 10.0 Å². The molecule has 1 aromatic carbocycles. The molecule has 1 aliphatic heterocycles. The normalized spacial score (nSPS) is 16.4. The molecule has 0 radical (unpaired) electrons.